The third kappa shape index (κ3) is 1.36. The molecule has 3 rings (SSSR count). The van der Waals surface area contributed by atoms with E-state index in [2.05, 4.69) is 0 Å². The van der Waals surface area contributed by atoms with Crippen molar-refractivity contribution in [3.8, 4) is 0 Å². The van der Waals surface area contributed by atoms with Gasteiger partial charge in [-0.15, -0.1) is 0 Å². The van der Waals surface area contributed by atoms with Crippen molar-refractivity contribution in [2.24, 2.45) is 0 Å². The lowest BCUT2D eigenvalue weighted by Gasteiger charge is -2.22. The van der Waals surface area contributed by atoms with Crippen molar-refractivity contribution in [2.75, 3.05) is 24.7 Å². The lowest BCUT2D eigenvalue weighted by molar-refractivity contribution is -0.303. The molecule has 94 valence electrons. The van der Waals surface area contributed by atoms with Crippen LogP contribution in [0.4, 0.5) is 5.69 Å². The number of ether oxygens (including phenoxy) is 2. The molecule has 0 radical (unpaired) electrons. The molecule has 1 spiro atoms. The first-order valence-corrected chi connectivity index (χ1v) is 5.54. The average Bonchev–Trinajstić information content (AvgIpc) is 2.92. The number of hydrogen-bond acceptors (Lipinski definition) is 5. The lowest BCUT2D eigenvalue weighted by Crippen LogP contribution is -2.46. The summed E-state index contributed by atoms with van der Waals surface area (Å²) in [5, 5.41) is 10.7. The van der Waals surface area contributed by atoms with Gasteiger partial charge in [-0.05, 0) is 6.07 Å². The Kier molecular flexibility index (Phi) is 2.36. The molecular weight excluding hydrogens is 238 g/mol. The van der Waals surface area contributed by atoms with Crippen molar-refractivity contribution in [2.45, 2.75) is 5.79 Å². The Morgan fingerprint density at radius 3 is 2.67 bits per heavy atom. The second-order valence-electron chi connectivity index (χ2n) is 4.09. The van der Waals surface area contributed by atoms with E-state index in [4.69, 9.17) is 9.47 Å². The van der Waals surface area contributed by atoms with E-state index in [0.29, 0.717) is 24.5 Å². The molecule has 1 saturated heterocycles. The maximum atomic E-state index is 12.3. The second-order valence-corrected chi connectivity index (χ2v) is 4.09. The largest absolute Gasteiger partial charge is 0.548 e. The summed E-state index contributed by atoms with van der Waals surface area (Å²) >= 11 is 0. The Morgan fingerprint density at radius 2 is 2.00 bits per heavy atom. The molecule has 1 aromatic rings. The number of carboxylic acid groups (broad SMARTS) is 1. The number of carbonyl (C=O) groups is 2. The van der Waals surface area contributed by atoms with Gasteiger partial charge in [0, 0.05) is 5.56 Å². The van der Waals surface area contributed by atoms with E-state index in [0.717, 1.165) is 4.90 Å². The second kappa shape index (κ2) is 3.79. The summed E-state index contributed by atoms with van der Waals surface area (Å²) in [6, 6.07) is 6.84. The third-order valence-corrected chi connectivity index (χ3v) is 3.06. The van der Waals surface area contributed by atoms with Crippen LogP contribution in [0.1, 0.15) is 5.56 Å². The molecule has 0 aromatic heterocycles. The highest BCUT2D eigenvalue weighted by Gasteiger charge is 2.55. The van der Waals surface area contributed by atoms with Gasteiger partial charge in [0.1, 0.15) is 0 Å². The van der Waals surface area contributed by atoms with Gasteiger partial charge >= 0.3 is 0 Å². The molecule has 18 heavy (non-hydrogen) atoms. The van der Waals surface area contributed by atoms with Gasteiger partial charge in [-0.3, -0.25) is 4.79 Å². The highest BCUT2D eigenvalue weighted by molar-refractivity contribution is 6.08. The average molecular weight is 248 g/mol. The summed E-state index contributed by atoms with van der Waals surface area (Å²) in [5.74, 6) is -3.30. The predicted molar refractivity (Wildman–Crippen MR) is 57.4 cm³/mol. The van der Waals surface area contributed by atoms with Crippen LogP contribution in [-0.4, -0.2) is 31.6 Å². The summed E-state index contributed by atoms with van der Waals surface area (Å²) < 4.78 is 10.9. The number of aliphatic carboxylic acids is 1. The fourth-order valence-electron chi connectivity index (χ4n) is 2.37. The van der Waals surface area contributed by atoms with Crippen molar-refractivity contribution in [1.82, 2.24) is 0 Å². The molecule has 2 aliphatic heterocycles. The minimum absolute atomic E-state index is 0.305. The normalized spacial score (nSPS) is 20.4. The third-order valence-electron chi connectivity index (χ3n) is 3.06. The molecule has 0 N–H and O–H groups in total. The van der Waals surface area contributed by atoms with Gasteiger partial charge in [0.15, 0.2) is 0 Å². The van der Waals surface area contributed by atoms with Gasteiger partial charge in [0.2, 0.25) is 0 Å². The Hall–Kier alpha value is -1.92. The summed E-state index contributed by atoms with van der Waals surface area (Å²) in [4.78, 5) is 24.2. The molecule has 0 bridgehead atoms. The van der Waals surface area contributed by atoms with Crippen molar-refractivity contribution in [1.29, 1.82) is 0 Å². The first-order valence-electron chi connectivity index (χ1n) is 5.54. The first kappa shape index (κ1) is 11.2. The summed E-state index contributed by atoms with van der Waals surface area (Å²) in [7, 11) is 0. The summed E-state index contributed by atoms with van der Waals surface area (Å²) in [5.41, 5.74) is 1.04. The van der Waals surface area contributed by atoms with Gasteiger partial charge < -0.3 is 24.3 Å². The van der Waals surface area contributed by atoms with Crippen molar-refractivity contribution in [3.63, 3.8) is 0 Å². The fraction of sp³-hybridized carbons (Fsp3) is 0.333. The zero-order chi connectivity index (χ0) is 12.8. The molecule has 1 aromatic carbocycles. The number of fused-ring (bicyclic) bond motifs is 2. The number of rotatable bonds is 2. The quantitative estimate of drug-likeness (QED) is 0.669. The lowest BCUT2D eigenvalue weighted by atomic mass is 10.1. The van der Waals surface area contributed by atoms with Gasteiger partial charge in [0.05, 0.1) is 31.4 Å². The monoisotopic (exact) mass is 248 g/mol. The smallest absolute Gasteiger partial charge is 0.292 e. The topological polar surface area (TPSA) is 78.9 Å². The standard InChI is InChI=1S/C12H11NO5/c14-10(15)7-13-9-4-2-1-3-8(9)12(11(13)16)17-5-6-18-12/h1-4H,5-7H2,(H,14,15)/p-1. The molecule has 0 atom stereocenters. The van der Waals surface area contributed by atoms with Crippen LogP contribution in [0.25, 0.3) is 0 Å². The summed E-state index contributed by atoms with van der Waals surface area (Å²) in [6.07, 6.45) is 0. The van der Waals surface area contributed by atoms with E-state index in [-0.39, 0.29) is 0 Å². The Balaban J connectivity index is 2.11. The van der Waals surface area contributed by atoms with Crippen LogP contribution >= 0.6 is 0 Å². The highest BCUT2D eigenvalue weighted by atomic mass is 16.7. The first-order chi connectivity index (χ1) is 8.65. The van der Waals surface area contributed by atoms with Crippen LogP contribution in [-0.2, 0) is 24.8 Å². The zero-order valence-corrected chi connectivity index (χ0v) is 9.42. The molecule has 1 fully saturated rings. The maximum absolute atomic E-state index is 12.3. The molecule has 0 saturated carbocycles. The van der Waals surface area contributed by atoms with Crippen LogP contribution in [0.15, 0.2) is 24.3 Å². The van der Waals surface area contributed by atoms with Crippen LogP contribution in [0.2, 0.25) is 0 Å². The number of amides is 1. The number of anilines is 1. The number of para-hydroxylation sites is 1. The molecule has 6 heteroatoms. The van der Waals surface area contributed by atoms with Crippen molar-refractivity contribution < 1.29 is 24.2 Å². The van der Waals surface area contributed by atoms with Crippen LogP contribution in [0.5, 0.6) is 0 Å². The minimum Gasteiger partial charge on any atom is -0.548 e. The van der Waals surface area contributed by atoms with Gasteiger partial charge in [-0.1, -0.05) is 18.2 Å². The van der Waals surface area contributed by atoms with Crippen LogP contribution < -0.4 is 10.0 Å². The molecule has 2 heterocycles. The molecule has 0 unspecified atom stereocenters. The van der Waals surface area contributed by atoms with E-state index in [9.17, 15) is 14.7 Å². The number of carbonyl (C=O) groups excluding carboxylic acids is 2. The molecule has 1 amide bonds. The van der Waals surface area contributed by atoms with E-state index in [1.165, 1.54) is 0 Å². The van der Waals surface area contributed by atoms with E-state index in [1.807, 2.05) is 0 Å². The molecule has 2 aliphatic rings. The molecular formula is C12H10NO5-. The zero-order valence-electron chi connectivity index (χ0n) is 9.42. The number of carboxylic acids is 1. The Morgan fingerprint density at radius 1 is 1.33 bits per heavy atom. The van der Waals surface area contributed by atoms with E-state index < -0.39 is 24.2 Å². The SMILES string of the molecule is O=C([O-])CN1C(=O)C2(OCCO2)c2ccccc21. The maximum Gasteiger partial charge on any atom is 0.292 e. The van der Waals surface area contributed by atoms with E-state index >= 15 is 0 Å². The van der Waals surface area contributed by atoms with Crippen LogP contribution in [0, 0.1) is 0 Å². The molecule has 6 nitrogen and oxygen atoms in total. The number of nitrogens with zero attached hydrogens (tertiary/aromatic N) is 1. The summed E-state index contributed by atoms with van der Waals surface area (Å²) in [6.45, 7) is 0.1000. The predicted octanol–water partition coefficient (Wildman–Crippen LogP) is -1.02. The van der Waals surface area contributed by atoms with Crippen molar-refractivity contribution in [3.05, 3.63) is 29.8 Å². The minimum atomic E-state index is -1.47. The Bertz CT molecular complexity index is 521. The van der Waals surface area contributed by atoms with Gasteiger partial charge in [0.25, 0.3) is 11.7 Å². The van der Waals surface area contributed by atoms with Crippen LogP contribution in [0.3, 0.4) is 0 Å². The highest BCUT2D eigenvalue weighted by Crippen LogP contribution is 2.45. The molecule has 0 aliphatic carbocycles. The number of hydrogen-bond donors (Lipinski definition) is 0. The van der Waals surface area contributed by atoms with Gasteiger partial charge in [-0.25, -0.2) is 0 Å². The van der Waals surface area contributed by atoms with E-state index in [1.54, 1.807) is 24.3 Å². The fourth-order valence-corrected chi connectivity index (χ4v) is 2.37. The van der Waals surface area contributed by atoms with Gasteiger partial charge in [-0.2, -0.15) is 0 Å². The number of benzene rings is 1. The van der Waals surface area contributed by atoms with Crippen molar-refractivity contribution >= 4 is 17.6 Å². The Labute approximate surface area is 103 Å².